The predicted octanol–water partition coefficient (Wildman–Crippen LogP) is 2.71. The third kappa shape index (κ3) is 13.5. The van der Waals surface area contributed by atoms with E-state index in [1.807, 2.05) is 0 Å². The maximum Gasteiger partial charge on any atom is 0 e. The van der Waals surface area contributed by atoms with Gasteiger partial charge in [0.1, 0.15) is 0 Å². The van der Waals surface area contributed by atoms with Crippen LogP contribution in [0.15, 0.2) is 0 Å². The van der Waals surface area contributed by atoms with Gasteiger partial charge in [0.25, 0.3) is 0 Å². The van der Waals surface area contributed by atoms with E-state index < -0.39 is 0 Å². The quantitative estimate of drug-likeness (QED) is 0.451. The van der Waals surface area contributed by atoms with Gasteiger partial charge in [0, 0.05) is 29.6 Å². The van der Waals surface area contributed by atoms with E-state index in [4.69, 9.17) is 5.73 Å². The Morgan fingerprint density at radius 1 is 0.750 bits per heavy atom. The van der Waals surface area contributed by atoms with Crippen LogP contribution in [0.4, 0.5) is 0 Å². The van der Waals surface area contributed by atoms with Crippen molar-refractivity contribution in [3.05, 3.63) is 0 Å². The van der Waals surface area contributed by atoms with Crippen molar-refractivity contribution in [3.63, 3.8) is 0 Å². The van der Waals surface area contributed by atoms with Crippen LogP contribution < -0.4 is 5.73 Å². The van der Waals surface area contributed by atoms with Gasteiger partial charge in [-0.15, -0.1) is 0 Å². The second-order valence-corrected chi connectivity index (χ2v) is 3.26. The van der Waals surface area contributed by atoms with Gasteiger partial charge >= 0.3 is 0 Å². The van der Waals surface area contributed by atoms with E-state index in [1.165, 1.54) is 51.4 Å². The van der Waals surface area contributed by atoms with E-state index in [0.717, 1.165) is 6.54 Å². The summed E-state index contributed by atoms with van der Waals surface area (Å²) in [7, 11) is 0. The largest absolute Gasteiger partial charge is 0.330 e. The van der Waals surface area contributed by atoms with Crippen LogP contribution in [0.3, 0.4) is 0 Å². The fourth-order valence-corrected chi connectivity index (χ4v) is 1.28. The van der Waals surface area contributed by atoms with E-state index in [2.05, 4.69) is 6.92 Å². The van der Waals surface area contributed by atoms with Crippen LogP contribution in [0.25, 0.3) is 0 Å². The molecule has 2 N–H and O–H groups in total. The van der Waals surface area contributed by atoms with Crippen molar-refractivity contribution in [1.29, 1.82) is 0 Å². The Bertz CT molecular complexity index is 58.9. The molecule has 0 aromatic heterocycles. The zero-order chi connectivity index (χ0) is 8.36. The molecule has 0 saturated carbocycles. The van der Waals surface area contributed by atoms with Gasteiger partial charge < -0.3 is 5.73 Å². The van der Waals surface area contributed by atoms with E-state index >= 15 is 0 Å². The van der Waals surface area contributed by atoms with Gasteiger partial charge in [-0.25, -0.2) is 0 Å². The predicted molar refractivity (Wildman–Crippen MR) is 57.4 cm³/mol. The van der Waals surface area contributed by atoms with Crippen LogP contribution >= 0.6 is 0 Å². The first-order valence-electron chi connectivity index (χ1n) is 5.12. The van der Waals surface area contributed by atoms with Crippen LogP contribution in [0.2, 0.25) is 0 Å². The van der Waals surface area contributed by atoms with Crippen LogP contribution in [0.5, 0.6) is 0 Å². The van der Waals surface area contributed by atoms with E-state index in [9.17, 15) is 0 Å². The van der Waals surface area contributed by atoms with Crippen molar-refractivity contribution in [1.82, 2.24) is 0 Å². The molecule has 0 unspecified atom stereocenters. The average Bonchev–Trinajstić information content (AvgIpc) is 2.03. The molecule has 0 fully saturated rings. The van der Waals surface area contributed by atoms with Crippen LogP contribution in [-0.2, 0) is 0 Å². The molecule has 0 aliphatic heterocycles. The number of hydrogen-bond donors (Lipinski definition) is 1. The summed E-state index contributed by atoms with van der Waals surface area (Å²) >= 11 is 0. The van der Waals surface area contributed by atoms with Crippen LogP contribution in [0, 0.1) is 0 Å². The van der Waals surface area contributed by atoms with Crippen molar-refractivity contribution < 1.29 is 0 Å². The standard InChI is InChI=1S/C10H23N.Na/c1-2-3-4-5-6-7-8-9-10-11;/h2-11H2,1H3;. The third-order valence-corrected chi connectivity index (χ3v) is 2.06. The van der Waals surface area contributed by atoms with Gasteiger partial charge in [0.15, 0.2) is 0 Å². The molecule has 12 heavy (non-hydrogen) atoms. The molecule has 0 aromatic rings. The Kier molecular flexibility index (Phi) is 18.6. The minimum absolute atomic E-state index is 0. The zero-order valence-electron chi connectivity index (χ0n) is 8.94. The molecule has 0 aromatic carbocycles. The second kappa shape index (κ2) is 14.5. The Balaban J connectivity index is 0. The number of rotatable bonds is 8. The first-order valence-corrected chi connectivity index (χ1v) is 5.12. The summed E-state index contributed by atoms with van der Waals surface area (Å²) in [6.45, 7) is 3.13. The molecule has 0 aliphatic carbocycles. The van der Waals surface area contributed by atoms with Gasteiger partial charge in [-0.1, -0.05) is 51.9 Å². The van der Waals surface area contributed by atoms with Gasteiger partial charge in [-0.3, -0.25) is 0 Å². The minimum atomic E-state index is 0. The smallest absolute Gasteiger partial charge is 0 e. The maximum absolute atomic E-state index is 5.39. The van der Waals surface area contributed by atoms with Gasteiger partial charge in [0.05, 0.1) is 0 Å². The summed E-state index contributed by atoms with van der Waals surface area (Å²) in [6, 6.07) is 0. The van der Waals surface area contributed by atoms with Crippen molar-refractivity contribution in [2.75, 3.05) is 6.54 Å². The fraction of sp³-hybridized carbons (Fsp3) is 1.00. The normalized spacial score (nSPS) is 9.50. The monoisotopic (exact) mass is 180 g/mol. The van der Waals surface area contributed by atoms with E-state index in [-0.39, 0.29) is 29.6 Å². The van der Waals surface area contributed by atoms with E-state index in [0.29, 0.717) is 0 Å². The molecule has 0 saturated heterocycles. The molecule has 0 spiro atoms. The topological polar surface area (TPSA) is 26.0 Å². The van der Waals surface area contributed by atoms with E-state index in [1.54, 1.807) is 0 Å². The number of nitrogens with two attached hydrogens (primary N) is 1. The fourth-order valence-electron chi connectivity index (χ4n) is 1.28. The van der Waals surface area contributed by atoms with Crippen molar-refractivity contribution in [2.24, 2.45) is 5.73 Å². The first-order chi connectivity index (χ1) is 5.41. The molecular formula is C10H23NNa. The summed E-state index contributed by atoms with van der Waals surface area (Å²) in [6.07, 6.45) is 11.0. The van der Waals surface area contributed by atoms with Crippen LogP contribution in [0.1, 0.15) is 58.3 Å². The Labute approximate surface area is 99.8 Å². The number of hydrogen-bond acceptors (Lipinski definition) is 1. The second-order valence-electron chi connectivity index (χ2n) is 3.26. The molecule has 0 bridgehead atoms. The van der Waals surface area contributed by atoms with Gasteiger partial charge in [-0.2, -0.15) is 0 Å². The summed E-state index contributed by atoms with van der Waals surface area (Å²) < 4.78 is 0. The Morgan fingerprint density at radius 2 is 1.17 bits per heavy atom. The Hall–Kier alpha value is 0.960. The van der Waals surface area contributed by atoms with Crippen LogP contribution in [-0.4, -0.2) is 36.1 Å². The molecule has 69 valence electrons. The summed E-state index contributed by atoms with van der Waals surface area (Å²) in [5, 5.41) is 0. The molecule has 0 amide bonds. The molecule has 0 aliphatic rings. The molecule has 2 heteroatoms. The molecule has 0 heterocycles. The molecule has 0 atom stereocenters. The van der Waals surface area contributed by atoms with Gasteiger partial charge in [-0.05, 0) is 13.0 Å². The molecule has 1 nitrogen and oxygen atoms in total. The molecule has 0 rings (SSSR count). The molecule has 1 radical (unpaired) electrons. The molecular weight excluding hydrogens is 157 g/mol. The number of unbranched alkanes of at least 4 members (excludes halogenated alkanes) is 7. The summed E-state index contributed by atoms with van der Waals surface area (Å²) in [5.41, 5.74) is 5.39. The maximum atomic E-state index is 5.39. The SMILES string of the molecule is CCCCCCCCCCN.[Na]. The summed E-state index contributed by atoms with van der Waals surface area (Å²) in [5.74, 6) is 0. The first kappa shape index (κ1) is 15.4. The summed E-state index contributed by atoms with van der Waals surface area (Å²) in [4.78, 5) is 0. The van der Waals surface area contributed by atoms with Crippen molar-refractivity contribution >= 4 is 29.6 Å². The Morgan fingerprint density at radius 3 is 1.58 bits per heavy atom. The van der Waals surface area contributed by atoms with Crippen molar-refractivity contribution in [3.8, 4) is 0 Å². The minimum Gasteiger partial charge on any atom is -0.330 e. The third-order valence-electron chi connectivity index (χ3n) is 2.06. The average molecular weight is 180 g/mol. The van der Waals surface area contributed by atoms with Gasteiger partial charge in [0.2, 0.25) is 0 Å². The zero-order valence-corrected chi connectivity index (χ0v) is 10.9. The van der Waals surface area contributed by atoms with Crippen molar-refractivity contribution in [2.45, 2.75) is 58.3 Å².